The Kier molecular flexibility index (Phi) is 4.56. The lowest BCUT2D eigenvalue weighted by molar-refractivity contribution is 0.0783. The number of aromatic nitrogens is 3. The molecule has 3 rings (SSSR count). The Morgan fingerprint density at radius 1 is 1.32 bits per heavy atom. The zero-order valence-corrected chi connectivity index (χ0v) is 14.6. The fourth-order valence-electron chi connectivity index (χ4n) is 2.85. The lowest BCUT2D eigenvalue weighted by Crippen LogP contribution is -2.38. The van der Waals surface area contributed by atoms with E-state index >= 15 is 0 Å². The van der Waals surface area contributed by atoms with Gasteiger partial charge in [0.25, 0.3) is 5.91 Å². The molecular formula is C15H18FN5O3S. The summed E-state index contributed by atoms with van der Waals surface area (Å²) in [7, 11) is -3.32. The minimum atomic E-state index is -3.32. The third-order valence-electron chi connectivity index (χ3n) is 4.02. The third kappa shape index (κ3) is 3.85. The van der Waals surface area contributed by atoms with Crippen LogP contribution in [0.15, 0.2) is 24.3 Å². The number of hydrogen-bond donors (Lipinski definition) is 1. The van der Waals surface area contributed by atoms with E-state index in [0.717, 1.165) is 6.26 Å². The van der Waals surface area contributed by atoms with Crippen LogP contribution in [0.5, 0.6) is 0 Å². The van der Waals surface area contributed by atoms with Crippen LogP contribution in [0.1, 0.15) is 22.6 Å². The second-order valence-electron chi connectivity index (χ2n) is 6.04. The number of carbonyl (C=O) groups excluding carboxylic acids is 1. The molecule has 10 heteroatoms. The Morgan fingerprint density at radius 3 is 2.64 bits per heavy atom. The van der Waals surface area contributed by atoms with Crippen molar-refractivity contribution in [2.75, 3.05) is 19.3 Å². The number of rotatable bonds is 4. The highest BCUT2D eigenvalue weighted by Gasteiger charge is 2.31. The number of nitrogens with zero attached hydrogens (tertiary/aromatic N) is 4. The van der Waals surface area contributed by atoms with E-state index in [1.165, 1.54) is 16.8 Å². The van der Waals surface area contributed by atoms with E-state index in [1.54, 1.807) is 24.0 Å². The molecule has 1 aromatic heterocycles. The second kappa shape index (κ2) is 6.52. The number of amides is 1. The van der Waals surface area contributed by atoms with E-state index in [-0.39, 0.29) is 30.0 Å². The Hall–Kier alpha value is -2.33. The highest BCUT2D eigenvalue weighted by molar-refractivity contribution is 7.88. The van der Waals surface area contributed by atoms with Crippen molar-refractivity contribution in [3.05, 3.63) is 41.5 Å². The van der Waals surface area contributed by atoms with Crippen molar-refractivity contribution in [2.24, 2.45) is 0 Å². The average Bonchev–Trinajstić information content (AvgIpc) is 3.13. The first-order valence-corrected chi connectivity index (χ1v) is 9.58. The van der Waals surface area contributed by atoms with Gasteiger partial charge in [-0.1, -0.05) is 5.21 Å². The fourth-order valence-corrected chi connectivity index (χ4v) is 3.65. The summed E-state index contributed by atoms with van der Waals surface area (Å²) < 4.78 is 39.6. The average molecular weight is 367 g/mol. The molecular weight excluding hydrogens is 349 g/mol. The fraction of sp³-hybridized carbons (Fsp3) is 0.400. The molecule has 8 nitrogen and oxygen atoms in total. The van der Waals surface area contributed by atoms with E-state index in [2.05, 4.69) is 15.0 Å². The van der Waals surface area contributed by atoms with Crippen molar-refractivity contribution >= 4 is 15.9 Å². The van der Waals surface area contributed by atoms with Gasteiger partial charge in [-0.05, 0) is 37.6 Å². The Labute approximate surface area is 144 Å². The summed E-state index contributed by atoms with van der Waals surface area (Å²) in [6, 6.07) is 5.41. The first-order chi connectivity index (χ1) is 11.7. The van der Waals surface area contributed by atoms with Gasteiger partial charge >= 0.3 is 0 Å². The van der Waals surface area contributed by atoms with Gasteiger partial charge in [-0.3, -0.25) is 4.79 Å². The lowest BCUT2D eigenvalue weighted by Gasteiger charge is -2.15. The van der Waals surface area contributed by atoms with Crippen LogP contribution in [0.25, 0.3) is 5.69 Å². The molecule has 0 radical (unpaired) electrons. The molecule has 0 aliphatic carbocycles. The van der Waals surface area contributed by atoms with E-state index in [1.807, 2.05) is 0 Å². The van der Waals surface area contributed by atoms with Crippen LogP contribution in [0.4, 0.5) is 4.39 Å². The molecule has 1 unspecified atom stereocenters. The van der Waals surface area contributed by atoms with Gasteiger partial charge in [0.2, 0.25) is 10.0 Å². The molecule has 1 N–H and O–H groups in total. The van der Waals surface area contributed by atoms with Crippen LogP contribution in [0, 0.1) is 12.7 Å². The molecule has 0 saturated carbocycles. The molecule has 1 aliphatic heterocycles. The third-order valence-corrected chi connectivity index (χ3v) is 4.79. The summed E-state index contributed by atoms with van der Waals surface area (Å²) in [5, 5.41) is 7.92. The van der Waals surface area contributed by atoms with Crippen LogP contribution in [-0.4, -0.2) is 59.6 Å². The summed E-state index contributed by atoms with van der Waals surface area (Å²) in [5.74, 6) is -0.664. The minimum Gasteiger partial charge on any atom is -0.336 e. The van der Waals surface area contributed by atoms with Crippen LogP contribution >= 0.6 is 0 Å². The number of hydrogen-bond acceptors (Lipinski definition) is 5. The van der Waals surface area contributed by atoms with Crippen LogP contribution < -0.4 is 4.72 Å². The number of sulfonamides is 1. The zero-order chi connectivity index (χ0) is 18.2. The molecule has 25 heavy (non-hydrogen) atoms. The van der Waals surface area contributed by atoms with Crippen molar-refractivity contribution in [1.82, 2.24) is 24.6 Å². The van der Waals surface area contributed by atoms with Crippen molar-refractivity contribution < 1.29 is 17.6 Å². The topological polar surface area (TPSA) is 97.2 Å². The van der Waals surface area contributed by atoms with Crippen molar-refractivity contribution in [3.8, 4) is 5.69 Å². The number of carbonyl (C=O) groups is 1. The van der Waals surface area contributed by atoms with Gasteiger partial charge < -0.3 is 4.90 Å². The maximum absolute atomic E-state index is 13.0. The van der Waals surface area contributed by atoms with E-state index in [4.69, 9.17) is 0 Å². The molecule has 1 aromatic carbocycles. The summed E-state index contributed by atoms with van der Waals surface area (Å²) in [6.07, 6.45) is 1.64. The number of benzene rings is 1. The quantitative estimate of drug-likeness (QED) is 0.848. The summed E-state index contributed by atoms with van der Waals surface area (Å²) in [4.78, 5) is 14.2. The standard InChI is InChI=1S/C15H18FN5O3S/c1-10-14(17-19-21(10)13-5-3-11(16)4-6-13)15(22)20-8-7-12(9-20)18-25(2,23)24/h3-6,12,18H,7-9H2,1-2H3. The molecule has 1 atom stereocenters. The van der Waals surface area contributed by atoms with Crippen molar-refractivity contribution in [1.29, 1.82) is 0 Å². The van der Waals surface area contributed by atoms with Crippen LogP contribution in [0.3, 0.4) is 0 Å². The van der Waals surface area contributed by atoms with Gasteiger partial charge in [0.15, 0.2) is 5.69 Å². The molecule has 2 heterocycles. The number of likely N-dealkylation sites (tertiary alicyclic amines) is 1. The maximum Gasteiger partial charge on any atom is 0.276 e. The second-order valence-corrected chi connectivity index (χ2v) is 7.82. The summed E-state index contributed by atoms with van der Waals surface area (Å²) >= 11 is 0. The molecule has 134 valence electrons. The highest BCUT2D eigenvalue weighted by atomic mass is 32.2. The van der Waals surface area contributed by atoms with Crippen molar-refractivity contribution in [3.63, 3.8) is 0 Å². The summed E-state index contributed by atoms with van der Waals surface area (Å²) in [5.41, 5.74) is 1.34. The van der Waals surface area contributed by atoms with Gasteiger partial charge in [-0.25, -0.2) is 22.2 Å². The molecule has 1 amide bonds. The monoisotopic (exact) mass is 367 g/mol. The van der Waals surface area contributed by atoms with E-state index < -0.39 is 10.0 Å². The Bertz CT molecular complexity index is 894. The first kappa shape index (κ1) is 17.5. The Balaban J connectivity index is 1.77. The maximum atomic E-state index is 13.0. The smallest absolute Gasteiger partial charge is 0.276 e. The minimum absolute atomic E-state index is 0.198. The van der Waals surface area contributed by atoms with Gasteiger partial charge in [0.1, 0.15) is 5.82 Å². The number of halogens is 1. The predicted octanol–water partition coefficient (Wildman–Crippen LogP) is 0.479. The predicted molar refractivity (Wildman–Crippen MR) is 88.3 cm³/mol. The first-order valence-electron chi connectivity index (χ1n) is 7.69. The van der Waals surface area contributed by atoms with Crippen LogP contribution in [-0.2, 0) is 10.0 Å². The Morgan fingerprint density at radius 2 is 2.00 bits per heavy atom. The van der Waals surface area contributed by atoms with Crippen molar-refractivity contribution in [2.45, 2.75) is 19.4 Å². The molecule has 0 spiro atoms. The van der Waals surface area contributed by atoms with Gasteiger partial charge in [-0.2, -0.15) is 0 Å². The molecule has 0 bridgehead atoms. The highest BCUT2D eigenvalue weighted by Crippen LogP contribution is 2.17. The molecule has 1 aliphatic rings. The molecule has 1 fully saturated rings. The molecule has 2 aromatic rings. The SMILES string of the molecule is Cc1c(C(=O)N2CCC(NS(C)(=O)=O)C2)nnn1-c1ccc(F)cc1. The lowest BCUT2D eigenvalue weighted by atomic mass is 10.2. The number of nitrogens with one attached hydrogen (secondary N) is 1. The van der Waals surface area contributed by atoms with E-state index in [9.17, 15) is 17.6 Å². The molecule has 1 saturated heterocycles. The van der Waals surface area contributed by atoms with E-state index in [0.29, 0.717) is 24.3 Å². The summed E-state index contributed by atoms with van der Waals surface area (Å²) in [6.45, 7) is 2.43. The largest absolute Gasteiger partial charge is 0.336 e. The van der Waals surface area contributed by atoms with Crippen LogP contribution in [0.2, 0.25) is 0 Å². The normalized spacial score (nSPS) is 17.9. The van der Waals surface area contributed by atoms with Gasteiger partial charge in [0.05, 0.1) is 17.6 Å². The van der Waals surface area contributed by atoms with Gasteiger partial charge in [-0.15, -0.1) is 5.10 Å². The van der Waals surface area contributed by atoms with Gasteiger partial charge in [0, 0.05) is 19.1 Å². The zero-order valence-electron chi connectivity index (χ0n) is 13.8.